The number of para-hydroxylation sites is 3. The van der Waals surface area contributed by atoms with Crippen LogP contribution in [0.4, 0.5) is 0 Å². The van der Waals surface area contributed by atoms with Gasteiger partial charge in [0.25, 0.3) is 0 Å². The summed E-state index contributed by atoms with van der Waals surface area (Å²) in [5, 5.41) is 5.10. The lowest BCUT2D eigenvalue weighted by Crippen LogP contribution is -2.44. The van der Waals surface area contributed by atoms with Crippen molar-refractivity contribution in [2.45, 2.75) is 44.3 Å². The van der Waals surface area contributed by atoms with Crippen molar-refractivity contribution in [3.63, 3.8) is 0 Å². The average Bonchev–Trinajstić information content (AvgIpc) is 3.15. The second-order valence-electron chi connectivity index (χ2n) is 8.40. The van der Waals surface area contributed by atoms with Crippen molar-refractivity contribution in [2.75, 3.05) is 5.75 Å². The molecule has 1 N–H and O–H groups in total. The highest BCUT2D eigenvalue weighted by atomic mass is 32.2. The molecule has 0 saturated heterocycles. The number of carbonyl (C=O) groups excluding carboxylic acids is 1. The lowest BCUT2D eigenvalue weighted by molar-refractivity contribution is -0.120. The van der Waals surface area contributed by atoms with E-state index in [4.69, 9.17) is 9.97 Å². The van der Waals surface area contributed by atoms with Crippen molar-refractivity contribution in [1.29, 1.82) is 0 Å². The highest BCUT2D eigenvalue weighted by Crippen LogP contribution is 2.31. The first-order valence-electron chi connectivity index (χ1n) is 10.7. The van der Waals surface area contributed by atoms with Gasteiger partial charge in [0.15, 0.2) is 5.16 Å². The molecule has 5 nitrogen and oxygen atoms in total. The second kappa shape index (κ2) is 7.91. The third-order valence-corrected chi connectivity index (χ3v) is 7.44. The van der Waals surface area contributed by atoms with Crippen LogP contribution in [0.15, 0.2) is 53.7 Å². The molecule has 1 fully saturated rings. The van der Waals surface area contributed by atoms with E-state index in [2.05, 4.69) is 35.7 Å². The van der Waals surface area contributed by atoms with Crippen molar-refractivity contribution < 1.29 is 4.79 Å². The number of aromatic nitrogens is 3. The molecule has 3 atom stereocenters. The Bertz CT molecular complexity index is 1230. The Hall–Kier alpha value is -2.60. The zero-order valence-electron chi connectivity index (χ0n) is 17.3. The van der Waals surface area contributed by atoms with Gasteiger partial charge in [0, 0.05) is 11.4 Å². The number of hydrogen-bond donors (Lipinski definition) is 1. The summed E-state index contributed by atoms with van der Waals surface area (Å²) in [7, 11) is 0. The number of fused-ring (bicyclic) bond motifs is 5. The fourth-order valence-corrected chi connectivity index (χ4v) is 5.39. The molecule has 154 valence electrons. The quantitative estimate of drug-likeness (QED) is 0.371. The fraction of sp³-hybridized carbons (Fsp3) is 0.375. The van der Waals surface area contributed by atoms with E-state index in [9.17, 15) is 4.79 Å². The largest absolute Gasteiger partial charge is 0.352 e. The van der Waals surface area contributed by atoms with Gasteiger partial charge in [0.2, 0.25) is 5.91 Å². The number of nitrogens with one attached hydrogen (secondary N) is 1. The summed E-state index contributed by atoms with van der Waals surface area (Å²) >= 11 is 1.48. The smallest absolute Gasteiger partial charge is 0.230 e. The number of imidazole rings is 1. The van der Waals surface area contributed by atoms with Crippen molar-refractivity contribution in [1.82, 2.24) is 19.7 Å². The van der Waals surface area contributed by atoms with E-state index >= 15 is 0 Å². The minimum absolute atomic E-state index is 0.0819. The van der Waals surface area contributed by atoms with Gasteiger partial charge in [-0.3, -0.25) is 9.20 Å². The normalized spacial score (nSPS) is 22.0. The summed E-state index contributed by atoms with van der Waals surface area (Å²) in [4.78, 5) is 22.5. The summed E-state index contributed by atoms with van der Waals surface area (Å²) < 4.78 is 2.08. The van der Waals surface area contributed by atoms with Crippen LogP contribution >= 0.6 is 11.8 Å². The Morgan fingerprint density at radius 3 is 2.70 bits per heavy atom. The van der Waals surface area contributed by atoms with Gasteiger partial charge in [-0.15, -0.1) is 0 Å². The molecule has 0 bridgehead atoms. The van der Waals surface area contributed by atoms with Gasteiger partial charge >= 0.3 is 0 Å². The Morgan fingerprint density at radius 1 is 1.07 bits per heavy atom. The van der Waals surface area contributed by atoms with E-state index in [0.717, 1.165) is 39.2 Å². The van der Waals surface area contributed by atoms with Gasteiger partial charge < -0.3 is 5.32 Å². The molecule has 0 aliphatic heterocycles. The predicted octanol–water partition coefficient (Wildman–Crippen LogP) is 5.07. The van der Waals surface area contributed by atoms with Gasteiger partial charge in [-0.1, -0.05) is 62.7 Å². The second-order valence-corrected chi connectivity index (χ2v) is 9.34. The minimum Gasteiger partial charge on any atom is -0.352 e. The van der Waals surface area contributed by atoms with Crippen molar-refractivity contribution in [2.24, 2.45) is 11.8 Å². The number of hydrogen-bond acceptors (Lipinski definition) is 4. The molecule has 0 spiro atoms. The maximum Gasteiger partial charge on any atom is 0.230 e. The summed E-state index contributed by atoms with van der Waals surface area (Å²) in [6.07, 6.45) is 3.53. The molecule has 0 radical (unpaired) electrons. The maximum absolute atomic E-state index is 12.8. The highest BCUT2D eigenvalue weighted by molar-refractivity contribution is 7.99. The van der Waals surface area contributed by atoms with Gasteiger partial charge in [-0.25, -0.2) is 9.97 Å². The molecule has 30 heavy (non-hydrogen) atoms. The van der Waals surface area contributed by atoms with E-state index in [1.54, 1.807) is 0 Å². The Kier molecular flexibility index (Phi) is 5.11. The van der Waals surface area contributed by atoms with Crippen LogP contribution in [0.3, 0.4) is 0 Å². The summed E-state index contributed by atoms with van der Waals surface area (Å²) in [5.74, 6) is 1.62. The molecule has 2 aromatic heterocycles. The van der Waals surface area contributed by atoms with Gasteiger partial charge in [0.1, 0.15) is 5.65 Å². The number of rotatable bonds is 4. The van der Waals surface area contributed by atoms with Crippen molar-refractivity contribution in [3.05, 3.63) is 48.5 Å². The molecule has 1 saturated carbocycles. The summed E-state index contributed by atoms with van der Waals surface area (Å²) in [6, 6.07) is 16.4. The van der Waals surface area contributed by atoms with E-state index in [-0.39, 0.29) is 11.9 Å². The van der Waals surface area contributed by atoms with Crippen LogP contribution in [0.25, 0.3) is 27.6 Å². The van der Waals surface area contributed by atoms with E-state index in [1.165, 1.54) is 24.6 Å². The zero-order valence-corrected chi connectivity index (χ0v) is 18.2. The van der Waals surface area contributed by atoms with Crippen LogP contribution in [0.1, 0.15) is 33.1 Å². The number of carbonyl (C=O) groups is 1. The van der Waals surface area contributed by atoms with E-state index < -0.39 is 0 Å². The third-order valence-electron chi connectivity index (χ3n) is 6.50. The van der Waals surface area contributed by atoms with E-state index in [0.29, 0.717) is 17.6 Å². The van der Waals surface area contributed by atoms with Gasteiger partial charge in [0.05, 0.1) is 22.3 Å². The molecule has 4 aromatic rings. The molecule has 0 unspecified atom stereocenters. The molecule has 2 heterocycles. The summed E-state index contributed by atoms with van der Waals surface area (Å²) in [5.41, 5.74) is 3.74. The highest BCUT2D eigenvalue weighted by Gasteiger charge is 2.28. The Labute approximate surface area is 180 Å². The van der Waals surface area contributed by atoms with Crippen LogP contribution in [0, 0.1) is 11.8 Å². The van der Waals surface area contributed by atoms with Gasteiger partial charge in [-0.2, -0.15) is 0 Å². The standard InChI is InChI=1S/C24H26N4OS/c1-15-8-7-12-18(16(15)2)25-22(29)14-30-24-27-19-10-4-3-9-17(19)23-26-20-11-5-6-13-21(20)28(23)24/h3-6,9-11,13,15-16,18H,7-8,12,14H2,1-2H3,(H,25,29)/t15-,16+,18+/m0/s1. The zero-order chi connectivity index (χ0) is 20.7. The SMILES string of the molecule is C[C@@H]1[C@@H](C)CCC[C@H]1NC(=O)CSc1nc2ccccc2c2nc3ccccc3n12. The molecule has 2 aromatic carbocycles. The maximum atomic E-state index is 12.8. The van der Waals surface area contributed by atoms with Gasteiger partial charge in [-0.05, 0) is 42.5 Å². The number of amides is 1. The lowest BCUT2D eigenvalue weighted by Gasteiger charge is -2.34. The van der Waals surface area contributed by atoms with Crippen LogP contribution in [-0.4, -0.2) is 32.1 Å². The first kappa shape index (κ1) is 19.4. The van der Waals surface area contributed by atoms with E-state index in [1.807, 2.05) is 36.4 Å². The topological polar surface area (TPSA) is 59.3 Å². The first-order chi connectivity index (χ1) is 14.6. The molecule has 1 aliphatic rings. The van der Waals surface area contributed by atoms with Crippen LogP contribution in [0.5, 0.6) is 0 Å². The number of thioether (sulfide) groups is 1. The van der Waals surface area contributed by atoms with Crippen LogP contribution < -0.4 is 5.32 Å². The Balaban J connectivity index is 1.45. The molecular weight excluding hydrogens is 392 g/mol. The molecule has 1 aliphatic carbocycles. The first-order valence-corrected chi connectivity index (χ1v) is 11.7. The molecular formula is C24H26N4OS. The predicted molar refractivity (Wildman–Crippen MR) is 123 cm³/mol. The lowest BCUT2D eigenvalue weighted by atomic mass is 9.78. The minimum atomic E-state index is 0.0819. The van der Waals surface area contributed by atoms with Crippen LogP contribution in [-0.2, 0) is 4.79 Å². The molecule has 1 amide bonds. The molecule has 6 heteroatoms. The third kappa shape index (κ3) is 3.43. The average molecular weight is 419 g/mol. The number of nitrogens with zero attached hydrogens (tertiary/aromatic N) is 3. The van der Waals surface area contributed by atoms with Crippen molar-refractivity contribution in [3.8, 4) is 0 Å². The Morgan fingerprint density at radius 2 is 1.83 bits per heavy atom. The summed E-state index contributed by atoms with van der Waals surface area (Å²) in [6.45, 7) is 4.55. The van der Waals surface area contributed by atoms with Crippen LogP contribution in [0.2, 0.25) is 0 Å². The monoisotopic (exact) mass is 418 g/mol. The fourth-order valence-electron chi connectivity index (χ4n) is 4.57. The number of benzene rings is 2. The molecule has 5 rings (SSSR count). The van der Waals surface area contributed by atoms with Crippen molar-refractivity contribution >= 4 is 45.3 Å².